The zero-order chi connectivity index (χ0) is 57.0. The second kappa shape index (κ2) is 58.6. The second-order valence-electron chi connectivity index (χ2n) is 22.4. The van der Waals surface area contributed by atoms with Crippen LogP contribution in [-0.4, -0.2) is 73.4 Å². The van der Waals surface area contributed by atoms with Crippen molar-refractivity contribution in [3.63, 3.8) is 0 Å². The highest BCUT2D eigenvalue weighted by Gasteiger charge is 2.27. The molecule has 9 heteroatoms. The predicted octanol–water partition coefficient (Wildman–Crippen LogP) is 20.1. The standard InChI is InChI=1S/C69H121N2O6P/c1-6-8-10-12-14-16-18-20-22-24-26-27-28-29-30-31-32-33-34-35-36-37-38-39-40-41-42-43-45-47-49-51-53-55-57-59-61-63-69(73)70-67(66-77-78(74,75)76-65-64-71(3,4)5)68(72)62-60-58-56-54-52-50-48-46-44-25-23-21-19-17-15-13-11-9-7-2/h8,10,14,16,20,22,26-27,29-30,32-33,35-36,38-39,41-42,60,62,67-68,72H,6-7,9,11-13,15,17-19,21,23-25,28,31,34,37,40,43-59,61,63-66H2,1-5H3,(H-,70,73,74,75)/p+1/b10-8-,16-14-,22-20-,27-26-,30-29-,33-32-,36-35-,39-38-,42-41-,62-60+. The van der Waals surface area contributed by atoms with E-state index in [1.807, 2.05) is 27.2 Å². The van der Waals surface area contributed by atoms with Crippen molar-refractivity contribution in [2.75, 3.05) is 40.9 Å². The van der Waals surface area contributed by atoms with Gasteiger partial charge in [0.15, 0.2) is 0 Å². The van der Waals surface area contributed by atoms with Crippen molar-refractivity contribution in [2.45, 2.75) is 270 Å². The molecule has 0 aromatic carbocycles. The van der Waals surface area contributed by atoms with Crippen LogP contribution in [0.25, 0.3) is 0 Å². The summed E-state index contributed by atoms with van der Waals surface area (Å²) in [7, 11) is 1.56. The summed E-state index contributed by atoms with van der Waals surface area (Å²) in [4.78, 5) is 23.4. The molecular weight excluding hydrogens is 984 g/mol. The maximum absolute atomic E-state index is 13.0. The number of phosphoric acid groups is 1. The smallest absolute Gasteiger partial charge is 0.387 e. The van der Waals surface area contributed by atoms with Gasteiger partial charge in [0.2, 0.25) is 5.91 Å². The normalized spacial score (nSPS) is 14.6. The molecule has 0 saturated carbocycles. The number of likely N-dealkylation sites (N-methyl/N-ethyl adjacent to an activating group) is 1. The average molecular weight is 1110 g/mol. The molecule has 0 rings (SSSR count). The molecule has 0 aliphatic rings. The zero-order valence-electron chi connectivity index (χ0n) is 51.1. The van der Waals surface area contributed by atoms with Gasteiger partial charge in [-0.3, -0.25) is 13.8 Å². The summed E-state index contributed by atoms with van der Waals surface area (Å²) in [5.74, 6) is -0.187. The van der Waals surface area contributed by atoms with Crippen LogP contribution in [-0.2, 0) is 18.4 Å². The van der Waals surface area contributed by atoms with Crippen molar-refractivity contribution in [3.8, 4) is 0 Å². The van der Waals surface area contributed by atoms with Crippen LogP contribution in [0.2, 0.25) is 0 Å². The van der Waals surface area contributed by atoms with E-state index in [1.54, 1.807) is 6.08 Å². The van der Waals surface area contributed by atoms with Crippen LogP contribution in [0.1, 0.15) is 258 Å². The molecule has 8 nitrogen and oxygen atoms in total. The van der Waals surface area contributed by atoms with Crippen molar-refractivity contribution in [1.29, 1.82) is 0 Å². The number of carbonyl (C=O) groups excluding carboxylic acids is 1. The molecule has 0 aromatic rings. The largest absolute Gasteiger partial charge is 0.472 e. The number of phosphoric ester groups is 1. The minimum atomic E-state index is -4.36. The fourth-order valence-electron chi connectivity index (χ4n) is 8.74. The molecule has 78 heavy (non-hydrogen) atoms. The maximum Gasteiger partial charge on any atom is 0.472 e. The van der Waals surface area contributed by atoms with Crippen molar-refractivity contribution >= 4 is 13.7 Å². The number of hydrogen-bond acceptors (Lipinski definition) is 5. The number of nitrogens with zero attached hydrogens (tertiary/aromatic N) is 1. The molecular formula is C69H122N2O6P+. The molecule has 3 N–H and O–H groups in total. The van der Waals surface area contributed by atoms with Gasteiger partial charge in [0.1, 0.15) is 13.2 Å². The van der Waals surface area contributed by atoms with E-state index in [1.165, 1.54) is 135 Å². The summed E-state index contributed by atoms with van der Waals surface area (Å²) in [5, 5.41) is 14.0. The van der Waals surface area contributed by atoms with Gasteiger partial charge in [-0.05, 0) is 89.9 Å². The van der Waals surface area contributed by atoms with Crippen LogP contribution in [0.5, 0.6) is 0 Å². The second-order valence-corrected chi connectivity index (χ2v) is 23.9. The van der Waals surface area contributed by atoms with Crippen molar-refractivity contribution in [3.05, 3.63) is 122 Å². The first-order valence-corrected chi connectivity index (χ1v) is 33.4. The van der Waals surface area contributed by atoms with E-state index >= 15 is 0 Å². The van der Waals surface area contributed by atoms with Gasteiger partial charge in [-0.2, -0.15) is 0 Å². The molecule has 448 valence electrons. The number of allylic oxidation sites excluding steroid dienone is 19. The van der Waals surface area contributed by atoms with Gasteiger partial charge >= 0.3 is 7.82 Å². The third-order valence-corrected chi connectivity index (χ3v) is 14.7. The third-order valence-electron chi connectivity index (χ3n) is 13.7. The Hall–Kier alpha value is -3.10. The summed E-state index contributed by atoms with van der Waals surface area (Å²) < 4.78 is 23.7. The van der Waals surface area contributed by atoms with Gasteiger partial charge in [0.05, 0.1) is 39.9 Å². The fraction of sp³-hybridized carbons (Fsp3) is 0.696. The lowest BCUT2D eigenvalue weighted by Crippen LogP contribution is -2.45. The molecule has 0 radical (unpaired) electrons. The Balaban J connectivity index is 4.16. The Kier molecular flexibility index (Phi) is 56.2. The van der Waals surface area contributed by atoms with E-state index in [0.29, 0.717) is 17.4 Å². The molecule has 0 fully saturated rings. The summed E-state index contributed by atoms with van der Waals surface area (Å²) in [6.07, 6.45) is 87.4. The van der Waals surface area contributed by atoms with Crippen LogP contribution in [0.4, 0.5) is 0 Å². The van der Waals surface area contributed by atoms with Gasteiger partial charge in [-0.25, -0.2) is 4.57 Å². The highest BCUT2D eigenvalue weighted by Crippen LogP contribution is 2.43. The highest BCUT2D eigenvalue weighted by atomic mass is 31.2. The predicted molar refractivity (Wildman–Crippen MR) is 341 cm³/mol. The van der Waals surface area contributed by atoms with Crippen LogP contribution < -0.4 is 5.32 Å². The summed E-state index contributed by atoms with van der Waals surface area (Å²) in [6.45, 7) is 4.70. The number of aliphatic hydroxyl groups excluding tert-OH is 1. The van der Waals surface area contributed by atoms with E-state index in [4.69, 9.17) is 9.05 Å². The first kappa shape index (κ1) is 74.9. The lowest BCUT2D eigenvalue weighted by atomic mass is 10.0. The fourth-order valence-corrected chi connectivity index (χ4v) is 9.48. The van der Waals surface area contributed by atoms with Crippen LogP contribution in [0, 0.1) is 0 Å². The number of hydrogen-bond donors (Lipinski definition) is 3. The van der Waals surface area contributed by atoms with Crippen molar-refractivity contribution < 1.29 is 32.9 Å². The summed E-state index contributed by atoms with van der Waals surface area (Å²) >= 11 is 0. The van der Waals surface area contributed by atoms with Gasteiger partial charge < -0.3 is 19.8 Å². The lowest BCUT2D eigenvalue weighted by molar-refractivity contribution is -0.870. The molecule has 0 saturated heterocycles. The van der Waals surface area contributed by atoms with Crippen molar-refractivity contribution in [1.82, 2.24) is 5.32 Å². The molecule has 3 atom stereocenters. The number of aliphatic hydroxyl groups is 1. The Morgan fingerprint density at radius 3 is 1.13 bits per heavy atom. The number of unbranched alkanes of at least 4 members (excludes halogenated alkanes) is 26. The minimum absolute atomic E-state index is 0.0551. The van der Waals surface area contributed by atoms with E-state index in [2.05, 4.69) is 129 Å². The Morgan fingerprint density at radius 1 is 0.449 bits per heavy atom. The minimum Gasteiger partial charge on any atom is -0.387 e. The summed E-state index contributed by atoms with van der Waals surface area (Å²) in [6, 6.07) is -0.859. The molecule has 1 amide bonds. The Labute approximate surface area is 482 Å². The maximum atomic E-state index is 13.0. The summed E-state index contributed by atoms with van der Waals surface area (Å²) in [5.41, 5.74) is 0. The van der Waals surface area contributed by atoms with Gasteiger partial charge in [-0.15, -0.1) is 0 Å². The van der Waals surface area contributed by atoms with E-state index in [-0.39, 0.29) is 19.1 Å². The molecule has 0 spiro atoms. The van der Waals surface area contributed by atoms with Crippen molar-refractivity contribution in [2.24, 2.45) is 0 Å². The number of amides is 1. The van der Waals surface area contributed by atoms with E-state index in [0.717, 1.165) is 103 Å². The van der Waals surface area contributed by atoms with Crippen LogP contribution >= 0.6 is 7.82 Å². The number of nitrogens with one attached hydrogen (secondary N) is 1. The molecule has 0 aromatic heterocycles. The Bertz CT molecular complexity index is 1680. The highest BCUT2D eigenvalue weighted by molar-refractivity contribution is 7.47. The first-order chi connectivity index (χ1) is 38.0. The van der Waals surface area contributed by atoms with E-state index in [9.17, 15) is 19.4 Å². The SMILES string of the molecule is CC/C=C\C/C=C\C/C=C\C/C=C\C/C=C\C/C=C\C/C=C\C/C=C\C/C=C\CCCCCCCCCCCC(=O)NC(COP(=O)(O)OCC[N+](C)(C)C)C(O)/C=C/CCCCCCCCCCCCCCCCCCC. The van der Waals surface area contributed by atoms with E-state index < -0.39 is 20.0 Å². The van der Waals surface area contributed by atoms with Gasteiger partial charge in [-0.1, -0.05) is 283 Å². The average Bonchev–Trinajstić information content (AvgIpc) is 3.41. The molecule has 0 aliphatic heterocycles. The third kappa shape index (κ3) is 60.5. The molecule has 3 unspecified atom stereocenters. The zero-order valence-corrected chi connectivity index (χ0v) is 52.0. The number of rotatable bonds is 57. The molecule has 0 bridgehead atoms. The van der Waals surface area contributed by atoms with Gasteiger partial charge in [0, 0.05) is 6.42 Å². The van der Waals surface area contributed by atoms with Crippen LogP contribution in [0.15, 0.2) is 122 Å². The number of carbonyl (C=O) groups is 1. The lowest BCUT2D eigenvalue weighted by Gasteiger charge is -2.25. The molecule has 0 heterocycles. The Morgan fingerprint density at radius 2 is 0.769 bits per heavy atom. The molecule has 0 aliphatic carbocycles. The van der Waals surface area contributed by atoms with Gasteiger partial charge in [0.25, 0.3) is 0 Å². The van der Waals surface area contributed by atoms with Crippen LogP contribution in [0.3, 0.4) is 0 Å². The quantitative estimate of drug-likeness (QED) is 0.0243. The topological polar surface area (TPSA) is 105 Å². The number of quaternary nitrogens is 1. The monoisotopic (exact) mass is 1110 g/mol. The first-order valence-electron chi connectivity index (χ1n) is 31.9.